The van der Waals surface area contributed by atoms with Gasteiger partial charge in [-0.3, -0.25) is 5.41 Å². The van der Waals surface area contributed by atoms with Crippen LogP contribution in [0.15, 0.2) is 66.9 Å². The maximum Gasteiger partial charge on any atom is 0.321 e. The molecule has 8 heteroatoms. The number of nitrogens with one attached hydrogen (secondary N) is 3. The molecular weight excluding hydrogens is 440 g/mol. The fourth-order valence-electron chi connectivity index (χ4n) is 4.19. The van der Waals surface area contributed by atoms with Crippen LogP contribution >= 0.6 is 0 Å². The molecule has 35 heavy (non-hydrogen) atoms. The molecule has 0 spiro atoms. The number of pyridine rings is 1. The smallest absolute Gasteiger partial charge is 0.321 e. The molecule has 1 atom stereocenters. The first-order chi connectivity index (χ1) is 16.9. The maximum atomic E-state index is 13.0. The van der Waals surface area contributed by atoms with E-state index in [2.05, 4.69) is 15.6 Å². The Hall–Kier alpha value is -4.07. The van der Waals surface area contributed by atoms with Crippen LogP contribution in [0.25, 0.3) is 0 Å². The molecule has 2 heterocycles. The first-order valence-electron chi connectivity index (χ1n) is 11.7. The van der Waals surface area contributed by atoms with Gasteiger partial charge in [0.15, 0.2) is 0 Å². The first-order valence-corrected chi connectivity index (χ1v) is 11.7. The van der Waals surface area contributed by atoms with Gasteiger partial charge in [0.25, 0.3) is 0 Å². The number of methoxy groups -OCH3 is 1. The number of anilines is 3. The number of nitrogens with zero attached hydrogens (tertiary/aromatic N) is 3. The zero-order valence-electron chi connectivity index (χ0n) is 20.4. The SMILES string of the molecule is COc1cccc(C(=N)c2cccnc2NC2CCCN(C(=O)Nc3cccc(N(C)C)c3)C2)c1.[HH]. The number of hydrogen-bond acceptors (Lipinski definition) is 6. The minimum Gasteiger partial charge on any atom is -0.497 e. The van der Waals surface area contributed by atoms with E-state index in [1.165, 1.54) is 0 Å². The summed E-state index contributed by atoms with van der Waals surface area (Å²) in [5.74, 6) is 1.35. The highest BCUT2D eigenvalue weighted by Crippen LogP contribution is 2.23. The lowest BCUT2D eigenvalue weighted by Crippen LogP contribution is -2.47. The molecule has 1 aromatic heterocycles. The van der Waals surface area contributed by atoms with Gasteiger partial charge in [-0.25, -0.2) is 9.78 Å². The Morgan fingerprint density at radius 2 is 2.00 bits per heavy atom. The summed E-state index contributed by atoms with van der Waals surface area (Å²) in [5.41, 5.74) is 3.63. The lowest BCUT2D eigenvalue weighted by atomic mass is 10.0. The molecule has 3 aromatic rings. The van der Waals surface area contributed by atoms with E-state index in [0.29, 0.717) is 35.9 Å². The Labute approximate surface area is 207 Å². The third kappa shape index (κ3) is 5.90. The number of carbonyl (C=O) groups excluding carboxylic acids is 1. The zero-order valence-corrected chi connectivity index (χ0v) is 20.4. The monoisotopic (exact) mass is 474 g/mol. The average molecular weight is 475 g/mol. The Morgan fingerprint density at radius 1 is 1.17 bits per heavy atom. The molecular formula is C27H34N6O2. The molecule has 8 nitrogen and oxygen atoms in total. The van der Waals surface area contributed by atoms with Crippen molar-refractivity contribution >= 4 is 28.9 Å². The molecule has 2 aromatic carbocycles. The fraction of sp³-hybridized carbons (Fsp3) is 0.296. The number of ether oxygens (including phenoxy) is 1. The third-order valence-electron chi connectivity index (χ3n) is 6.10. The van der Waals surface area contributed by atoms with Crippen LogP contribution in [0.1, 0.15) is 25.4 Å². The number of hydrogen-bond donors (Lipinski definition) is 3. The van der Waals surface area contributed by atoms with E-state index in [0.717, 1.165) is 29.8 Å². The Morgan fingerprint density at radius 3 is 2.80 bits per heavy atom. The number of rotatable bonds is 7. The predicted octanol–water partition coefficient (Wildman–Crippen LogP) is 4.93. The second-order valence-electron chi connectivity index (χ2n) is 8.81. The van der Waals surface area contributed by atoms with Gasteiger partial charge in [-0.1, -0.05) is 18.2 Å². The summed E-state index contributed by atoms with van der Waals surface area (Å²) >= 11 is 0. The van der Waals surface area contributed by atoms with Crippen LogP contribution in [0, 0.1) is 5.41 Å². The summed E-state index contributed by atoms with van der Waals surface area (Å²) in [6, 6.07) is 18.9. The van der Waals surface area contributed by atoms with E-state index in [4.69, 9.17) is 10.1 Å². The van der Waals surface area contributed by atoms with Crippen molar-refractivity contribution in [3.63, 3.8) is 0 Å². The molecule has 184 valence electrons. The highest BCUT2D eigenvalue weighted by Gasteiger charge is 2.25. The van der Waals surface area contributed by atoms with Gasteiger partial charge < -0.3 is 25.2 Å². The van der Waals surface area contributed by atoms with E-state index in [1.54, 1.807) is 13.3 Å². The highest BCUT2D eigenvalue weighted by atomic mass is 16.5. The third-order valence-corrected chi connectivity index (χ3v) is 6.10. The predicted molar refractivity (Wildman–Crippen MR) is 143 cm³/mol. The van der Waals surface area contributed by atoms with E-state index >= 15 is 0 Å². The number of likely N-dealkylation sites (tertiary alicyclic amines) is 1. The van der Waals surface area contributed by atoms with Crippen LogP contribution in [0.4, 0.5) is 22.0 Å². The van der Waals surface area contributed by atoms with Crippen molar-refractivity contribution in [2.24, 2.45) is 0 Å². The number of carbonyl (C=O) groups is 1. The number of aromatic nitrogens is 1. The van der Waals surface area contributed by atoms with Crippen molar-refractivity contribution in [3.8, 4) is 5.75 Å². The summed E-state index contributed by atoms with van der Waals surface area (Å²) < 4.78 is 5.31. The number of amides is 2. The number of urea groups is 1. The van der Waals surface area contributed by atoms with Crippen LogP contribution in [0.5, 0.6) is 5.75 Å². The fourth-order valence-corrected chi connectivity index (χ4v) is 4.19. The molecule has 3 N–H and O–H groups in total. The normalized spacial score (nSPS) is 15.3. The number of piperidine rings is 1. The largest absolute Gasteiger partial charge is 0.497 e. The molecule has 0 radical (unpaired) electrons. The van der Waals surface area contributed by atoms with Crippen molar-refractivity contribution in [2.75, 3.05) is 49.8 Å². The van der Waals surface area contributed by atoms with Crippen molar-refractivity contribution in [3.05, 3.63) is 78.0 Å². The van der Waals surface area contributed by atoms with E-state index < -0.39 is 0 Å². The summed E-state index contributed by atoms with van der Waals surface area (Å²) in [4.78, 5) is 21.3. The van der Waals surface area contributed by atoms with Crippen molar-refractivity contribution < 1.29 is 11.0 Å². The van der Waals surface area contributed by atoms with Gasteiger partial charge in [0.05, 0.1) is 12.8 Å². The van der Waals surface area contributed by atoms with Crippen molar-refractivity contribution in [1.29, 1.82) is 5.41 Å². The molecule has 0 saturated carbocycles. The molecule has 1 aliphatic rings. The van der Waals surface area contributed by atoms with Gasteiger partial charge in [-0.15, -0.1) is 0 Å². The summed E-state index contributed by atoms with van der Waals surface area (Å²) in [7, 11) is 5.56. The minimum absolute atomic E-state index is 0. The Kier molecular flexibility index (Phi) is 7.50. The summed E-state index contributed by atoms with van der Waals surface area (Å²) in [6.45, 7) is 1.26. The minimum atomic E-state index is -0.113. The average Bonchev–Trinajstić information content (AvgIpc) is 2.89. The van der Waals surface area contributed by atoms with Gasteiger partial charge in [0.1, 0.15) is 11.6 Å². The van der Waals surface area contributed by atoms with Crippen LogP contribution < -0.4 is 20.3 Å². The summed E-state index contributed by atoms with van der Waals surface area (Å²) in [5, 5.41) is 15.3. The lowest BCUT2D eigenvalue weighted by Gasteiger charge is -2.33. The molecule has 4 rings (SSSR count). The molecule has 1 saturated heterocycles. The number of benzene rings is 2. The van der Waals surface area contributed by atoms with Crippen LogP contribution in [-0.2, 0) is 0 Å². The second-order valence-corrected chi connectivity index (χ2v) is 8.81. The molecule has 2 amide bonds. The van der Waals surface area contributed by atoms with Crippen LogP contribution in [0.2, 0.25) is 0 Å². The second kappa shape index (κ2) is 10.9. The van der Waals surface area contributed by atoms with E-state index in [9.17, 15) is 4.79 Å². The Balaban J connectivity index is 0.00000361. The molecule has 1 aliphatic heterocycles. The standard InChI is InChI=1S/C27H32N6O2.H2/c1-32(2)22-11-5-9-20(17-22)31-27(34)33-15-7-10-21(18-33)30-26-24(13-6-14-29-26)25(28)19-8-4-12-23(16-19)35-3;/h4-6,8-9,11-14,16-17,21,28H,7,10,15,18H2,1-3H3,(H,29,30)(H,31,34);1H. The first kappa shape index (κ1) is 24.1. The molecule has 0 aliphatic carbocycles. The zero-order chi connectivity index (χ0) is 24.8. The van der Waals surface area contributed by atoms with Crippen molar-refractivity contribution in [1.82, 2.24) is 9.88 Å². The molecule has 0 bridgehead atoms. The van der Waals surface area contributed by atoms with Crippen LogP contribution in [-0.4, -0.2) is 62.0 Å². The topological polar surface area (TPSA) is 93.6 Å². The van der Waals surface area contributed by atoms with Gasteiger partial charge in [-0.05, 0) is 55.3 Å². The quantitative estimate of drug-likeness (QED) is 0.422. The van der Waals surface area contributed by atoms with Crippen molar-refractivity contribution in [2.45, 2.75) is 18.9 Å². The van der Waals surface area contributed by atoms with Gasteiger partial charge in [0, 0.05) is 63.4 Å². The van der Waals surface area contributed by atoms with Gasteiger partial charge >= 0.3 is 6.03 Å². The maximum absolute atomic E-state index is 13.0. The molecule has 1 fully saturated rings. The Bertz CT molecular complexity index is 1200. The lowest BCUT2D eigenvalue weighted by molar-refractivity contribution is 0.196. The van der Waals surface area contributed by atoms with Gasteiger partial charge in [-0.2, -0.15) is 0 Å². The van der Waals surface area contributed by atoms with E-state index in [-0.39, 0.29) is 13.5 Å². The van der Waals surface area contributed by atoms with E-state index in [1.807, 2.05) is 84.6 Å². The van der Waals surface area contributed by atoms with Gasteiger partial charge in [0.2, 0.25) is 0 Å². The molecule has 1 unspecified atom stereocenters. The van der Waals surface area contributed by atoms with Crippen LogP contribution in [0.3, 0.4) is 0 Å². The highest BCUT2D eigenvalue weighted by molar-refractivity contribution is 6.13. The summed E-state index contributed by atoms with van der Waals surface area (Å²) in [6.07, 6.45) is 3.52.